The lowest BCUT2D eigenvalue weighted by Gasteiger charge is -2.11. The Hall–Kier alpha value is -2.22. The van der Waals surface area contributed by atoms with Crippen LogP contribution in [0.1, 0.15) is 0 Å². The van der Waals surface area contributed by atoms with Crippen LogP contribution in [0, 0.1) is 0 Å². The minimum absolute atomic E-state index is 0.323. The van der Waals surface area contributed by atoms with E-state index >= 15 is 0 Å². The number of nitrogens with zero attached hydrogens (tertiary/aromatic N) is 1. The third-order valence-electron chi connectivity index (χ3n) is 3.16. The molecule has 1 aromatic heterocycles. The number of hydrogen-bond donors (Lipinski definition) is 3. The van der Waals surface area contributed by atoms with E-state index < -0.39 is 0 Å². The topological polar surface area (TPSA) is 84.5 Å². The number of anilines is 2. The molecule has 0 spiro atoms. The van der Waals surface area contributed by atoms with Gasteiger partial charge in [0.2, 0.25) is 0 Å². The second-order valence-electron chi connectivity index (χ2n) is 5.16. The minimum Gasteiger partial charge on any atom is -0.491 e. The maximum atomic E-state index is 11.9. The average Bonchev–Trinajstić information content (AvgIpc) is 2.61. The lowest BCUT2D eigenvalue weighted by molar-refractivity contribution is 0.146. The molecule has 0 aliphatic carbocycles. The number of nitrogens with one attached hydrogen (secondary N) is 3. The summed E-state index contributed by atoms with van der Waals surface area (Å²) in [6, 6.07) is 8.40. The van der Waals surface area contributed by atoms with Crippen LogP contribution in [0.2, 0.25) is 10.0 Å². The summed E-state index contributed by atoms with van der Waals surface area (Å²) in [6.45, 7) is 1.79. The molecule has 1 aromatic carbocycles. The van der Waals surface area contributed by atoms with E-state index in [4.69, 9.17) is 32.7 Å². The highest BCUT2D eigenvalue weighted by molar-refractivity contribution is 6.35. The summed E-state index contributed by atoms with van der Waals surface area (Å²) >= 11 is 11.8. The van der Waals surface area contributed by atoms with Crippen molar-refractivity contribution in [3.05, 3.63) is 46.6 Å². The van der Waals surface area contributed by atoms with Crippen LogP contribution in [0.15, 0.2) is 36.5 Å². The summed E-state index contributed by atoms with van der Waals surface area (Å²) in [6.07, 6.45) is 1.50. The van der Waals surface area contributed by atoms with Crippen LogP contribution in [0.3, 0.4) is 0 Å². The predicted molar refractivity (Wildman–Crippen MR) is 104 cm³/mol. The monoisotopic (exact) mass is 398 g/mol. The van der Waals surface area contributed by atoms with Gasteiger partial charge >= 0.3 is 6.03 Å². The van der Waals surface area contributed by atoms with Crippen molar-refractivity contribution in [2.45, 2.75) is 0 Å². The van der Waals surface area contributed by atoms with Gasteiger partial charge in [-0.25, -0.2) is 9.78 Å². The molecule has 3 N–H and O–H groups in total. The minimum atomic E-state index is -0.323. The highest BCUT2D eigenvalue weighted by atomic mass is 35.5. The molecule has 0 saturated heterocycles. The van der Waals surface area contributed by atoms with Crippen LogP contribution in [0.25, 0.3) is 0 Å². The first-order valence-corrected chi connectivity index (χ1v) is 8.65. The van der Waals surface area contributed by atoms with Gasteiger partial charge in [-0.3, -0.25) is 0 Å². The summed E-state index contributed by atoms with van der Waals surface area (Å²) in [7, 11) is 1.61. The molecule has 26 heavy (non-hydrogen) atoms. The number of halogens is 2. The smallest absolute Gasteiger partial charge is 0.319 e. The molecule has 1 heterocycles. The Morgan fingerprint density at radius 1 is 1.19 bits per heavy atom. The van der Waals surface area contributed by atoms with Gasteiger partial charge in [0.05, 0.1) is 16.7 Å². The molecule has 7 nitrogen and oxygen atoms in total. The van der Waals surface area contributed by atoms with Crippen LogP contribution in [0.4, 0.5) is 16.3 Å². The highest BCUT2D eigenvalue weighted by Gasteiger charge is 2.04. The number of benzene rings is 1. The van der Waals surface area contributed by atoms with E-state index in [0.29, 0.717) is 53.6 Å². The highest BCUT2D eigenvalue weighted by Crippen LogP contribution is 2.22. The molecule has 2 rings (SSSR count). The van der Waals surface area contributed by atoms with Crippen LogP contribution >= 0.6 is 23.2 Å². The number of ether oxygens (including phenoxy) is 2. The molecule has 0 atom stereocenters. The Balaban J connectivity index is 1.72. The van der Waals surface area contributed by atoms with E-state index in [9.17, 15) is 4.79 Å². The van der Waals surface area contributed by atoms with Crippen molar-refractivity contribution >= 4 is 40.7 Å². The van der Waals surface area contributed by atoms with E-state index in [1.165, 1.54) is 6.20 Å². The summed E-state index contributed by atoms with van der Waals surface area (Å²) in [5.74, 6) is 1.17. The fraction of sp³-hybridized carbons (Fsp3) is 0.294. The van der Waals surface area contributed by atoms with Gasteiger partial charge in [-0.1, -0.05) is 29.3 Å². The van der Waals surface area contributed by atoms with Gasteiger partial charge in [0.25, 0.3) is 0 Å². The zero-order chi connectivity index (χ0) is 18.8. The molecule has 0 unspecified atom stereocenters. The van der Waals surface area contributed by atoms with Crippen molar-refractivity contribution in [2.24, 2.45) is 0 Å². The van der Waals surface area contributed by atoms with Crippen molar-refractivity contribution in [3.63, 3.8) is 0 Å². The fourth-order valence-electron chi connectivity index (χ4n) is 1.98. The number of carbonyl (C=O) groups excluding carboxylic acids is 1. The van der Waals surface area contributed by atoms with Gasteiger partial charge in [-0.05, 0) is 18.2 Å². The number of hydrogen-bond acceptors (Lipinski definition) is 5. The number of pyridine rings is 1. The van der Waals surface area contributed by atoms with Crippen LogP contribution in [-0.4, -0.2) is 44.4 Å². The molecule has 0 radical (unpaired) electrons. The van der Waals surface area contributed by atoms with E-state index in [1.807, 2.05) is 6.07 Å². The van der Waals surface area contributed by atoms with Crippen molar-refractivity contribution in [2.75, 3.05) is 44.0 Å². The van der Waals surface area contributed by atoms with E-state index in [2.05, 4.69) is 20.9 Å². The number of urea groups is 1. The quantitative estimate of drug-likeness (QED) is 0.561. The molecule has 2 aromatic rings. The fourth-order valence-corrected chi connectivity index (χ4v) is 2.43. The van der Waals surface area contributed by atoms with E-state index in [-0.39, 0.29) is 6.03 Å². The Kier molecular flexibility index (Phi) is 8.27. The van der Waals surface area contributed by atoms with Crippen molar-refractivity contribution in [3.8, 4) is 5.75 Å². The van der Waals surface area contributed by atoms with E-state index in [0.717, 1.165) is 0 Å². The standard InChI is InChI=1S/C17H20Cl2N4O3/c1-25-7-8-26-14-4-2-3-13(10-14)23-17(24)21-6-5-20-16-15(19)9-12(18)11-22-16/h2-4,9-11H,5-8H2,1H3,(H,20,22)(H2,21,23,24). The van der Waals surface area contributed by atoms with Gasteiger partial charge < -0.3 is 25.4 Å². The second-order valence-corrected chi connectivity index (χ2v) is 6.00. The maximum Gasteiger partial charge on any atom is 0.319 e. The van der Waals surface area contributed by atoms with Crippen molar-refractivity contribution in [1.29, 1.82) is 0 Å². The van der Waals surface area contributed by atoms with Gasteiger partial charge in [0.15, 0.2) is 0 Å². The SMILES string of the molecule is COCCOc1cccc(NC(=O)NCCNc2ncc(Cl)cc2Cl)c1. The Morgan fingerprint density at radius 2 is 2.04 bits per heavy atom. The molecule has 0 aliphatic heterocycles. The number of rotatable bonds is 9. The number of carbonyl (C=O) groups is 1. The molecule has 0 fully saturated rings. The molecular weight excluding hydrogens is 379 g/mol. The third-order valence-corrected chi connectivity index (χ3v) is 3.65. The number of methoxy groups -OCH3 is 1. The van der Waals surface area contributed by atoms with Crippen LogP contribution < -0.4 is 20.7 Å². The summed E-state index contributed by atoms with van der Waals surface area (Å²) in [4.78, 5) is 16.0. The van der Waals surface area contributed by atoms with Gasteiger partial charge in [-0.2, -0.15) is 0 Å². The molecule has 0 bridgehead atoms. The van der Waals surface area contributed by atoms with E-state index in [1.54, 1.807) is 31.4 Å². The normalized spacial score (nSPS) is 10.3. The first-order chi connectivity index (χ1) is 12.6. The summed E-state index contributed by atoms with van der Waals surface area (Å²) in [5, 5.41) is 9.38. The molecule has 0 saturated carbocycles. The molecule has 0 aliphatic rings. The Labute approximate surface area is 162 Å². The second kappa shape index (κ2) is 10.7. The number of aromatic nitrogens is 1. The van der Waals surface area contributed by atoms with Gasteiger partial charge in [0, 0.05) is 38.1 Å². The van der Waals surface area contributed by atoms with Crippen LogP contribution in [0.5, 0.6) is 5.75 Å². The molecule has 140 valence electrons. The predicted octanol–water partition coefficient (Wildman–Crippen LogP) is 3.65. The number of amides is 2. The van der Waals surface area contributed by atoms with Crippen molar-refractivity contribution in [1.82, 2.24) is 10.3 Å². The van der Waals surface area contributed by atoms with Gasteiger partial charge in [0.1, 0.15) is 18.2 Å². The zero-order valence-electron chi connectivity index (χ0n) is 14.2. The van der Waals surface area contributed by atoms with Crippen LogP contribution in [-0.2, 0) is 4.74 Å². The summed E-state index contributed by atoms with van der Waals surface area (Å²) in [5.41, 5.74) is 0.632. The lowest BCUT2D eigenvalue weighted by atomic mass is 10.3. The zero-order valence-corrected chi connectivity index (χ0v) is 15.7. The largest absolute Gasteiger partial charge is 0.491 e. The third kappa shape index (κ3) is 6.95. The van der Waals surface area contributed by atoms with Gasteiger partial charge in [-0.15, -0.1) is 0 Å². The molecule has 9 heteroatoms. The Morgan fingerprint density at radius 3 is 2.81 bits per heavy atom. The lowest BCUT2D eigenvalue weighted by Crippen LogP contribution is -2.32. The first-order valence-electron chi connectivity index (χ1n) is 7.90. The first kappa shape index (κ1) is 20.1. The average molecular weight is 399 g/mol. The Bertz CT molecular complexity index is 731. The summed E-state index contributed by atoms with van der Waals surface area (Å²) < 4.78 is 10.4. The van der Waals surface area contributed by atoms with Crippen molar-refractivity contribution < 1.29 is 14.3 Å². The molecular formula is C17H20Cl2N4O3. The maximum absolute atomic E-state index is 11.9. The molecule has 2 amide bonds.